The number of rotatable bonds is 3. The zero-order valence-electron chi connectivity index (χ0n) is 11.4. The molecule has 2 heterocycles. The smallest absolute Gasteiger partial charge is 0.257 e. The predicted octanol–water partition coefficient (Wildman–Crippen LogP) is 4.19. The van der Waals surface area contributed by atoms with Crippen molar-refractivity contribution >= 4 is 28.8 Å². The molecule has 102 valence electrons. The van der Waals surface area contributed by atoms with Crippen molar-refractivity contribution in [2.45, 2.75) is 27.3 Å². The minimum Gasteiger partial charge on any atom is -0.466 e. The van der Waals surface area contributed by atoms with Crippen molar-refractivity contribution in [1.29, 1.82) is 0 Å². The van der Waals surface area contributed by atoms with E-state index in [1.807, 2.05) is 32.9 Å². The first-order valence-electron chi connectivity index (χ1n) is 5.96. The van der Waals surface area contributed by atoms with Crippen LogP contribution in [0, 0.1) is 20.8 Å². The quantitative estimate of drug-likeness (QED) is 0.851. The zero-order valence-corrected chi connectivity index (χ0v) is 13.0. The van der Waals surface area contributed by atoms with Gasteiger partial charge in [0.15, 0.2) is 0 Å². The molecule has 0 N–H and O–H groups in total. The number of halogens is 1. The minimum absolute atomic E-state index is 0.0172. The number of carbonyl (C=O) groups excluding carboxylic acids is 1. The van der Waals surface area contributed by atoms with Crippen molar-refractivity contribution in [3.05, 3.63) is 44.0 Å². The summed E-state index contributed by atoms with van der Waals surface area (Å²) in [6.07, 6.45) is 0. The molecule has 2 aromatic heterocycles. The molecule has 3 nitrogen and oxygen atoms in total. The van der Waals surface area contributed by atoms with Crippen molar-refractivity contribution < 1.29 is 9.21 Å². The largest absolute Gasteiger partial charge is 0.466 e. The molecule has 19 heavy (non-hydrogen) atoms. The topological polar surface area (TPSA) is 33.5 Å². The van der Waals surface area contributed by atoms with E-state index >= 15 is 0 Å². The van der Waals surface area contributed by atoms with Crippen molar-refractivity contribution in [2.24, 2.45) is 0 Å². The number of aryl methyl sites for hydroxylation is 2. The van der Waals surface area contributed by atoms with Crippen LogP contribution < -0.4 is 0 Å². The number of nitrogens with zero attached hydrogens (tertiary/aromatic N) is 1. The van der Waals surface area contributed by atoms with Crippen LogP contribution in [-0.2, 0) is 6.54 Å². The molecule has 5 heteroatoms. The van der Waals surface area contributed by atoms with Gasteiger partial charge < -0.3 is 9.32 Å². The molecule has 0 aliphatic heterocycles. The highest BCUT2D eigenvalue weighted by molar-refractivity contribution is 7.16. The second-order valence-electron chi connectivity index (χ2n) is 4.58. The van der Waals surface area contributed by atoms with Gasteiger partial charge in [0.25, 0.3) is 5.91 Å². The van der Waals surface area contributed by atoms with E-state index in [1.54, 1.807) is 11.9 Å². The lowest BCUT2D eigenvalue weighted by molar-refractivity contribution is 0.0784. The third kappa shape index (κ3) is 2.85. The highest BCUT2D eigenvalue weighted by Crippen LogP contribution is 2.25. The number of hydrogen-bond acceptors (Lipinski definition) is 3. The van der Waals surface area contributed by atoms with Crippen LogP contribution in [0.25, 0.3) is 0 Å². The fourth-order valence-corrected chi connectivity index (χ4v) is 3.18. The lowest BCUT2D eigenvalue weighted by Gasteiger charge is -2.16. The second-order valence-corrected chi connectivity index (χ2v) is 6.38. The number of amides is 1. The Kier molecular flexibility index (Phi) is 4.02. The molecular formula is C14H16ClNO2S. The molecule has 0 unspecified atom stereocenters. The summed E-state index contributed by atoms with van der Waals surface area (Å²) in [5, 5.41) is 0. The van der Waals surface area contributed by atoms with Gasteiger partial charge in [-0.15, -0.1) is 11.3 Å². The van der Waals surface area contributed by atoms with E-state index in [4.69, 9.17) is 16.0 Å². The van der Waals surface area contributed by atoms with Crippen molar-refractivity contribution in [3.63, 3.8) is 0 Å². The van der Waals surface area contributed by atoms with Crippen LogP contribution >= 0.6 is 22.9 Å². The summed E-state index contributed by atoms with van der Waals surface area (Å²) in [7, 11) is 1.79. The Bertz CT molecular complexity index is 615. The number of carbonyl (C=O) groups is 1. The van der Waals surface area contributed by atoms with Gasteiger partial charge in [0.05, 0.1) is 16.4 Å². The molecule has 2 aromatic rings. The Hall–Kier alpha value is -1.26. The Morgan fingerprint density at radius 2 is 2.00 bits per heavy atom. The van der Waals surface area contributed by atoms with Gasteiger partial charge >= 0.3 is 0 Å². The highest BCUT2D eigenvalue weighted by Gasteiger charge is 2.21. The Morgan fingerprint density at radius 1 is 1.32 bits per heavy atom. The van der Waals surface area contributed by atoms with Crippen molar-refractivity contribution in [2.75, 3.05) is 7.05 Å². The zero-order chi connectivity index (χ0) is 14.2. The van der Waals surface area contributed by atoms with Crippen LogP contribution in [0.4, 0.5) is 0 Å². The van der Waals surface area contributed by atoms with E-state index in [9.17, 15) is 4.79 Å². The van der Waals surface area contributed by atoms with Crippen LogP contribution in [-0.4, -0.2) is 17.9 Å². The highest BCUT2D eigenvalue weighted by atomic mass is 35.5. The lowest BCUT2D eigenvalue weighted by atomic mass is 10.1. The molecule has 0 spiro atoms. The number of hydrogen-bond donors (Lipinski definition) is 0. The summed E-state index contributed by atoms with van der Waals surface area (Å²) < 4.78 is 6.24. The van der Waals surface area contributed by atoms with Crippen LogP contribution in [0.15, 0.2) is 16.5 Å². The molecule has 0 aliphatic rings. The maximum Gasteiger partial charge on any atom is 0.257 e. The number of thiophene rings is 1. The van der Waals surface area contributed by atoms with Gasteiger partial charge in [0.2, 0.25) is 0 Å². The normalized spacial score (nSPS) is 10.8. The standard InChI is InChI=1S/C14H16ClNO2S/c1-8-9(2)18-10(3)13(8)14(17)16(4)7-11-5-6-12(15)19-11/h5-6H,7H2,1-4H3. The third-order valence-electron chi connectivity index (χ3n) is 3.14. The average Bonchev–Trinajstić information content (AvgIpc) is 2.84. The lowest BCUT2D eigenvalue weighted by Crippen LogP contribution is -2.26. The molecule has 0 saturated carbocycles. The molecule has 0 atom stereocenters. The fourth-order valence-electron chi connectivity index (χ4n) is 2.04. The summed E-state index contributed by atoms with van der Waals surface area (Å²) in [4.78, 5) is 15.2. The Labute approximate surface area is 121 Å². The molecule has 0 aliphatic carbocycles. The first-order chi connectivity index (χ1) is 8.90. The molecule has 2 rings (SSSR count). The van der Waals surface area contributed by atoms with E-state index < -0.39 is 0 Å². The maximum absolute atomic E-state index is 12.4. The van der Waals surface area contributed by atoms with Crippen LogP contribution in [0.1, 0.15) is 32.3 Å². The second kappa shape index (κ2) is 5.39. The molecule has 1 amide bonds. The van der Waals surface area contributed by atoms with Crippen LogP contribution in [0.2, 0.25) is 4.34 Å². The van der Waals surface area contributed by atoms with Gasteiger partial charge in [-0.2, -0.15) is 0 Å². The summed E-state index contributed by atoms with van der Waals surface area (Å²) in [5.41, 5.74) is 1.58. The van der Waals surface area contributed by atoms with E-state index in [0.29, 0.717) is 17.9 Å². The van der Waals surface area contributed by atoms with Gasteiger partial charge in [0.1, 0.15) is 11.5 Å². The minimum atomic E-state index is -0.0172. The van der Waals surface area contributed by atoms with Gasteiger partial charge in [-0.3, -0.25) is 4.79 Å². The van der Waals surface area contributed by atoms with E-state index in [-0.39, 0.29) is 5.91 Å². The summed E-state index contributed by atoms with van der Waals surface area (Å²) in [5.74, 6) is 1.46. The maximum atomic E-state index is 12.4. The molecular weight excluding hydrogens is 282 g/mol. The Balaban J connectivity index is 2.19. The monoisotopic (exact) mass is 297 g/mol. The first-order valence-corrected chi connectivity index (χ1v) is 7.16. The molecule has 0 fully saturated rings. The SMILES string of the molecule is Cc1oc(C)c(C(=O)N(C)Cc2ccc(Cl)s2)c1C. The fraction of sp³-hybridized carbons (Fsp3) is 0.357. The van der Waals surface area contributed by atoms with Crippen LogP contribution in [0.3, 0.4) is 0 Å². The molecule has 0 aromatic carbocycles. The molecule has 0 radical (unpaired) electrons. The molecule has 0 bridgehead atoms. The molecule has 0 saturated heterocycles. The van der Waals surface area contributed by atoms with E-state index in [1.165, 1.54) is 11.3 Å². The van der Waals surface area contributed by atoms with Gasteiger partial charge in [-0.05, 0) is 32.9 Å². The third-order valence-corrected chi connectivity index (χ3v) is 4.36. The first kappa shape index (κ1) is 14.2. The van der Waals surface area contributed by atoms with E-state index in [0.717, 1.165) is 20.5 Å². The van der Waals surface area contributed by atoms with Crippen molar-refractivity contribution in [1.82, 2.24) is 4.90 Å². The van der Waals surface area contributed by atoms with Gasteiger partial charge in [-0.25, -0.2) is 0 Å². The summed E-state index contributed by atoms with van der Waals surface area (Å²) >= 11 is 7.38. The van der Waals surface area contributed by atoms with Gasteiger partial charge in [0, 0.05) is 17.5 Å². The summed E-state index contributed by atoms with van der Waals surface area (Å²) in [6.45, 7) is 6.16. The Morgan fingerprint density at radius 3 is 2.47 bits per heavy atom. The van der Waals surface area contributed by atoms with Gasteiger partial charge in [-0.1, -0.05) is 11.6 Å². The van der Waals surface area contributed by atoms with E-state index in [2.05, 4.69) is 0 Å². The van der Waals surface area contributed by atoms with Crippen molar-refractivity contribution in [3.8, 4) is 0 Å². The van der Waals surface area contributed by atoms with Crippen LogP contribution in [0.5, 0.6) is 0 Å². The summed E-state index contributed by atoms with van der Waals surface area (Å²) in [6, 6.07) is 3.79. The predicted molar refractivity (Wildman–Crippen MR) is 78.0 cm³/mol. The number of furan rings is 1. The average molecular weight is 298 g/mol.